The van der Waals surface area contributed by atoms with E-state index < -0.39 is 9.84 Å². The lowest BCUT2D eigenvalue weighted by atomic mass is 10.3. The lowest BCUT2D eigenvalue weighted by molar-refractivity contribution is 0.0951. The summed E-state index contributed by atoms with van der Waals surface area (Å²) in [7, 11) is -3.07. The number of rotatable bonds is 6. The molecular weight excluding hydrogens is 254 g/mol. The van der Waals surface area contributed by atoms with E-state index in [1.54, 1.807) is 12.1 Å². The Balaban J connectivity index is 2.58. The smallest absolute Gasteiger partial charge is 0.269 e. The van der Waals surface area contributed by atoms with E-state index in [0.29, 0.717) is 0 Å². The number of carbonyl (C=O) groups excluding carboxylic acids is 1. The Morgan fingerprint density at radius 3 is 2.78 bits per heavy atom. The van der Waals surface area contributed by atoms with Crippen LogP contribution in [0.1, 0.15) is 17.4 Å². The summed E-state index contributed by atoms with van der Waals surface area (Å²) in [5.41, 5.74) is 1.07. The van der Waals surface area contributed by atoms with Crippen LogP contribution in [0.4, 0.5) is 5.69 Å². The highest BCUT2D eigenvalue weighted by atomic mass is 32.2. The molecule has 0 aliphatic carbocycles. The van der Waals surface area contributed by atoms with Gasteiger partial charge in [0.25, 0.3) is 5.91 Å². The van der Waals surface area contributed by atoms with E-state index in [1.165, 1.54) is 6.20 Å². The molecule has 1 aromatic rings. The Morgan fingerprint density at radius 1 is 1.44 bits per heavy atom. The first-order valence-electron chi connectivity index (χ1n) is 5.58. The minimum atomic E-state index is -3.07. The first kappa shape index (κ1) is 14.4. The molecule has 7 heteroatoms. The first-order valence-corrected chi connectivity index (χ1v) is 7.64. The van der Waals surface area contributed by atoms with Crippen molar-refractivity contribution >= 4 is 21.4 Å². The number of sulfone groups is 1. The number of aromatic nitrogens is 1. The lowest BCUT2D eigenvalue weighted by Crippen LogP contribution is -2.29. The quantitative estimate of drug-likeness (QED) is 0.776. The molecule has 0 aliphatic heterocycles. The molecule has 0 aliphatic rings. The fourth-order valence-corrected chi connectivity index (χ4v) is 1.78. The highest BCUT2D eigenvalue weighted by Crippen LogP contribution is 2.07. The van der Waals surface area contributed by atoms with E-state index in [4.69, 9.17) is 0 Å². The summed E-state index contributed by atoms with van der Waals surface area (Å²) in [4.78, 5) is 15.6. The van der Waals surface area contributed by atoms with Crippen molar-refractivity contribution in [2.24, 2.45) is 0 Å². The molecule has 0 spiro atoms. The summed E-state index contributed by atoms with van der Waals surface area (Å²) in [5.74, 6) is -0.454. The van der Waals surface area contributed by atoms with Crippen molar-refractivity contribution in [1.82, 2.24) is 10.3 Å². The molecule has 1 rings (SSSR count). The molecule has 1 aromatic heterocycles. The van der Waals surface area contributed by atoms with E-state index in [-0.39, 0.29) is 23.9 Å². The van der Waals surface area contributed by atoms with Crippen molar-refractivity contribution in [3.05, 3.63) is 24.0 Å². The summed E-state index contributed by atoms with van der Waals surface area (Å²) >= 11 is 0. The molecule has 0 unspecified atom stereocenters. The fraction of sp³-hybridized carbons (Fsp3) is 0.455. The second kappa shape index (κ2) is 6.34. The van der Waals surface area contributed by atoms with Crippen LogP contribution < -0.4 is 10.6 Å². The number of carbonyl (C=O) groups is 1. The van der Waals surface area contributed by atoms with E-state index in [2.05, 4.69) is 15.6 Å². The van der Waals surface area contributed by atoms with Crippen molar-refractivity contribution in [2.45, 2.75) is 6.92 Å². The molecule has 0 radical (unpaired) electrons. The van der Waals surface area contributed by atoms with Gasteiger partial charge in [-0.15, -0.1) is 0 Å². The third-order valence-electron chi connectivity index (χ3n) is 2.13. The van der Waals surface area contributed by atoms with Gasteiger partial charge < -0.3 is 10.6 Å². The molecule has 18 heavy (non-hydrogen) atoms. The summed E-state index contributed by atoms with van der Waals surface area (Å²) < 4.78 is 21.8. The zero-order valence-electron chi connectivity index (χ0n) is 10.4. The Morgan fingerprint density at radius 2 is 2.17 bits per heavy atom. The van der Waals surface area contributed by atoms with Crippen LogP contribution in [-0.4, -0.2) is 44.4 Å². The van der Waals surface area contributed by atoms with Gasteiger partial charge in [-0.25, -0.2) is 8.42 Å². The van der Waals surface area contributed by atoms with Crippen molar-refractivity contribution in [3.8, 4) is 0 Å². The molecule has 0 aromatic carbocycles. The molecule has 0 atom stereocenters. The second-order valence-corrected chi connectivity index (χ2v) is 6.11. The molecule has 1 heterocycles. The number of nitrogens with one attached hydrogen (secondary N) is 2. The molecule has 0 bridgehead atoms. The maximum absolute atomic E-state index is 11.7. The predicted molar refractivity (Wildman–Crippen MR) is 70.4 cm³/mol. The number of hydrogen-bond donors (Lipinski definition) is 2. The zero-order chi connectivity index (χ0) is 13.6. The molecule has 0 saturated heterocycles. The SMILES string of the molecule is CCNc1ccnc(C(=O)NCCS(C)(=O)=O)c1. The Labute approximate surface area is 107 Å². The Kier molecular flexibility index (Phi) is 5.08. The number of pyridine rings is 1. The third kappa shape index (κ3) is 5.13. The van der Waals surface area contributed by atoms with Gasteiger partial charge in [-0.2, -0.15) is 0 Å². The monoisotopic (exact) mass is 271 g/mol. The van der Waals surface area contributed by atoms with Gasteiger partial charge in [-0.3, -0.25) is 9.78 Å². The van der Waals surface area contributed by atoms with Crippen LogP contribution in [0, 0.1) is 0 Å². The minimum absolute atomic E-state index is 0.0777. The number of hydrogen-bond acceptors (Lipinski definition) is 5. The van der Waals surface area contributed by atoms with E-state index >= 15 is 0 Å². The summed E-state index contributed by atoms with van der Waals surface area (Å²) in [5, 5.41) is 5.58. The number of amides is 1. The van der Waals surface area contributed by atoms with Gasteiger partial charge in [-0.1, -0.05) is 0 Å². The molecule has 6 nitrogen and oxygen atoms in total. The maximum Gasteiger partial charge on any atom is 0.269 e. The molecule has 2 N–H and O–H groups in total. The molecule has 1 amide bonds. The summed E-state index contributed by atoms with van der Waals surface area (Å²) in [6.45, 7) is 2.79. The summed E-state index contributed by atoms with van der Waals surface area (Å²) in [6.07, 6.45) is 2.66. The van der Waals surface area contributed by atoms with E-state index in [0.717, 1.165) is 18.5 Å². The van der Waals surface area contributed by atoms with Crippen LogP contribution in [0.25, 0.3) is 0 Å². The predicted octanol–water partition coefficient (Wildman–Crippen LogP) is 0.288. The highest BCUT2D eigenvalue weighted by Gasteiger charge is 2.09. The number of anilines is 1. The van der Waals surface area contributed by atoms with Gasteiger partial charge in [0.1, 0.15) is 15.5 Å². The summed E-state index contributed by atoms with van der Waals surface area (Å²) in [6, 6.07) is 3.38. The van der Waals surface area contributed by atoms with E-state index in [9.17, 15) is 13.2 Å². The van der Waals surface area contributed by atoms with Crippen molar-refractivity contribution in [1.29, 1.82) is 0 Å². The van der Waals surface area contributed by atoms with Crippen LogP contribution in [0.2, 0.25) is 0 Å². The lowest BCUT2D eigenvalue weighted by Gasteiger charge is -2.06. The fourth-order valence-electron chi connectivity index (χ4n) is 1.31. The van der Waals surface area contributed by atoms with Gasteiger partial charge >= 0.3 is 0 Å². The topological polar surface area (TPSA) is 88.2 Å². The van der Waals surface area contributed by atoms with Crippen LogP contribution in [0.3, 0.4) is 0 Å². The van der Waals surface area contributed by atoms with Gasteiger partial charge in [0.2, 0.25) is 0 Å². The maximum atomic E-state index is 11.7. The van der Waals surface area contributed by atoms with E-state index in [1.807, 2.05) is 6.92 Å². The molecule has 100 valence electrons. The third-order valence-corrected chi connectivity index (χ3v) is 3.08. The van der Waals surface area contributed by atoms with Crippen LogP contribution in [0.5, 0.6) is 0 Å². The van der Waals surface area contributed by atoms with Crippen LogP contribution in [-0.2, 0) is 9.84 Å². The Bertz CT molecular complexity index is 514. The molecule has 0 fully saturated rings. The van der Waals surface area contributed by atoms with Gasteiger partial charge in [0.05, 0.1) is 5.75 Å². The van der Waals surface area contributed by atoms with Crippen LogP contribution in [0.15, 0.2) is 18.3 Å². The van der Waals surface area contributed by atoms with Crippen molar-refractivity contribution in [2.75, 3.05) is 30.4 Å². The highest BCUT2D eigenvalue weighted by molar-refractivity contribution is 7.90. The van der Waals surface area contributed by atoms with Crippen molar-refractivity contribution in [3.63, 3.8) is 0 Å². The van der Waals surface area contributed by atoms with Crippen LogP contribution >= 0.6 is 0 Å². The Hall–Kier alpha value is -1.63. The molecule has 0 saturated carbocycles. The average molecular weight is 271 g/mol. The minimum Gasteiger partial charge on any atom is -0.385 e. The molecular formula is C11H17N3O3S. The largest absolute Gasteiger partial charge is 0.385 e. The standard InChI is InChI=1S/C11H17N3O3S/c1-3-12-9-4-5-13-10(8-9)11(15)14-6-7-18(2,16)17/h4-5,8H,3,6-7H2,1-2H3,(H,12,13)(H,14,15). The zero-order valence-corrected chi connectivity index (χ0v) is 11.3. The first-order chi connectivity index (χ1) is 8.42. The van der Waals surface area contributed by atoms with Gasteiger partial charge in [0.15, 0.2) is 0 Å². The second-order valence-electron chi connectivity index (χ2n) is 3.85. The van der Waals surface area contributed by atoms with Gasteiger partial charge in [-0.05, 0) is 19.1 Å². The normalized spacial score (nSPS) is 11.0. The number of nitrogens with zero attached hydrogens (tertiary/aromatic N) is 1. The average Bonchev–Trinajstić information content (AvgIpc) is 2.28. The van der Waals surface area contributed by atoms with Crippen molar-refractivity contribution < 1.29 is 13.2 Å². The van der Waals surface area contributed by atoms with Gasteiger partial charge in [0, 0.05) is 31.2 Å².